The van der Waals surface area contributed by atoms with Crippen LogP contribution in [0.1, 0.15) is 0 Å². The highest BCUT2D eigenvalue weighted by atomic mass is 127. The van der Waals surface area contributed by atoms with E-state index in [0.29, 0.717) is 19.6 Å². The van der Waals surface area contributed by atoms with Gasteiger partial charge in [-0.1, -0.05) is 6.07 Å². The molecule has 1 fully saturated rings. The van der Waals surface area contributed by atoms with E-state index in [2.05, 4.69) is 33.2 Å². The predicted molar refractivity (Wildman–Crippen MR) is 77.2 cm³/mol. The van der Waals surface area contributed by atoms with Gasteiger partial charge in [-0.2, -0.15) is 0 Å². The van der Waals surface area contributed by atoms with E-state index in [0.717, 1.165) is 9.26 Å². The summed E-state index contributed by atoms with van der Waals surface area (Å²) in [5.74, 6) is -0.116. The van der Waals surface area contributed by atoms with Crippen molar-refractivity contribution in [3.8, 4) is 0 Å². The fourth-order valence-electron chi connectivity index (χ4n) is 1.80. The summed E-state index contributed by atoms with van der Waals surface area (Å²) in [6.45, 7) is 1.86. The van der Waals surface area contributed by atoms with Crippen LogP contribution in [-0.2, 0) is 9.59 Å². The van der Waals surface area contributed by atoms with Crippen LogP contribution in [0.5, 0.6) is 0 Å². The molecule has 1 saturated heterocycles. The molecular formula is C12H14IN3O2. The van der Waals surface area contributed by atoms with Gasteiger partial charge in [0.1, 0.15) is 0 Å². The molecule has 0 saturated carbocycles. The Kier molecular flexibility index (Phi) is 4.54. The number of hydrogen-bond acceptors (Lipinski definition) is 3. The van der Waals surface area contributed by atoms with Crippen LogP contribution >= 0.6 is 22.6 Å². The molecule has 2 amide bonds. The van der Waals surface area contributed by atoms with E-state index in [9.17, 15) is 9.59 Å². The van der Waals surface area contributed by atoms with Crippen LogP contribution in [0, 0.1) is 3.57 Å². The van der Waals surface area contributed by atoms with Crippen molar-refractivity contribution < 1.29 is 9.59 Å². The predicted octanol–water partition coefficient (Wildman–Crippen LogP) is 0.661. The molecule has 0 unspecified atom stereocenters. The number of rotatable bonds is 3. The first kappa shape index (κ1) is 13.3. The van der Waals surface area contributed by atoms with Gasteiger partial charge in [0.2, 0.25) is 11.8 Å². The summed E-state index contributed by atoms with van der Waals surface area (Å²) in [5.41, 5.74) is 0.786. The lowest BCUT2D eigenvalue weighted by Crippen LogP contribution is -2.49. The Bertz CT molecular complexity index is 464. The second-order valence-electron chi connectivity index (χ2n) is 4.12. The topological polar surface area (TPSA) is 61.4 Å². The third-order valence-corrected chi connectivity index (χ3v) is 3.26. The largest absolute Gasteiger partial charge is 0.354 e. The highest BCUT2D eigenvalue weighted by Crippen LogP contribution is 2.12. The van der Waals surface area contributed by atoms with E-state index in [1.54, 1.807) is 0 Å². The van der Waals surface area contributed by atoms with Crippen LogP contribution in [0.3, 0.4) is 0 Å². The van der Waals surface area contributed by atoms with Crippen molar-refractivity contribution in [2.75, 3.05) is 31.5 Å². The van der Waals surface area contributed by atoms with Crippen LogP contribution in [-0.4, -0.2) is 42.9 Å². The molecule has 0 aliphatic carbocycles. The Morgan fingerprint density at radius 2 is 2.33 bits per heavy atom. The maximum absolute atomic E-state index is 11.8. The number of anilines is 1. The molecule has 1 aliphatic heterocycles. The van der Waals surface area contributed by atoms with Crippen molar-refractivity contribution in [1.29, 1.82) is 0 Å². The van der Waals surface area contributed by atoms with Crippen molar-refractivity contribution >= 4 is 40.1 Å². The molecule has 2 rings (SSSR count). The second-order valence-corrected chi connectivity index (χ2v) is 5.36. The average molecular weight is 359 g/mol. The van der Waals surface area contributed by atoms with Gasteiger partial charge in [0.15, 0.2) is 0 Å². The fourth-order valence-corrected chi connectivity index (χ4v) is 2.34. The summed E-state index contributed by atoms with van der Waals surface area (Å²) in [6.07, 6.45) is 0. The lowest BCUT2D eigenvalue weighted by Gasteiger charge is -2.25. The lowest BCUT2D eigenvalue weighted by atomic mass is 10.3. The van der Waals surface area contributed by atoms with E-state index in [1.165, 1.54) is 0 Å². The fraction of sp³-hybridized carbons (Fsp3) is 0.333. The quantitative estimate of drug-likeness (QED) is 0.780. The third kappa shape index (κ3) is 3.95. The molecule has 0 spiro atoms. The summed E-state index contributed by atoms with van der Waals surface area (Å²) in [6, 6.07) is 7.61. The molecule has 96 valence electrons. The minimum atomic E-state index is -0.0910. The molecule has 1 aliphatic rings. The van der Waals surface area contributed by atoms with E-state index < -0.39 is 0 Å². The Labute approximate surface area is 119 Å². The van der Waals surface area contributed by atoms with Gasteiger partial charge in [-0.3, -0.25) is 14.5 Å². The molecule has 1 aromatic rings. The minimum absolute atomic E-state index is 0.0247. The zero-order valence-corrected chi connectivity index (χ0v) is 11.9. The molecule has 0 aromatic heterocycles. The van der Waals surface area contributed by atoms with Gasteiger partial charge in [-0.05, 0) is 40.8 Å². The molecule has 1 aromatic carbocycles. The first-order valence-electron chi connectivity index (χ1n) is 5.68. The molecule has 5 nitrogen and oxygen atoms in total. The average Bonchev–Trinajstić information content (AvgIpc) is 2.28. The normalized spacial score (nSPS) is 16.2. The monoisotopic (exact) mass is 359 g/mol. The SMILES string of the molecule is O=C1CN(CC(=O)Nc2cccc(I)c2)CCN1. The number of carbonyl (C=O) groups excluding carboxylic acids is 2. The third-order valence-electron chi connectivity index (χ3n) is 2.59. The van der Waals surface area contributed by atoms with E-state index in [4.69, 9.17) is 0 Å². The van der Waals surface area contributed by atoms with Crippen LogP contribution in [0.15, 0.2) is 24.3 Å². The number of hydrogen-bond donors (Lipinski definition) is 2. The highest BCUT2D eigenvalue weighted by Gasteiger charge is 2.18. The van der Waals surface area contributed by atoms with Crippen LogP contribution in [0.2, 0.25) is 0 Å². The van der Waals surface area contributed by atoms with Gasteiger partial charge in [-0.25, -0.2) is 0 Å². The van der Waals surface area contributed by atoms with Gasteiger partial charge in [0, 0.05) is 22.3 Å². The number of nitrogens with one attached hydrogen (secondary N) is 2. The van der Waals surface area contributed by atoms with Crippen molar-refractivity contribution in [3.05, 3.63) is 27.8 Å². The zero-order valence-electron chi connectivity index (χ0n) is 9.78. The maximum Gasteiger partial charge on any atom is 0.238 e. The van der Waals surface area contributed by atoms with Gasteiger partial charge in [0.25, 0.3) is 0 Å². The molecular weight excluding hydrogens is 345 g/mol. The molecule has 0 bridgehead atoms. The summed E-state index contributed by atoms with van der Waals surface area (Å²) >= 11 is 2.20. The smallest absolute Gasteiger partial charge is 0.238 e. The van der Waals surface area contributed by atoms with Crippen molar-refractivity contribution in [3.63, 3.8) is 0 Å². The van der Waals surface area contributed by atoms with Gasteiger partial charge >= 0.3 is 0 Å². The highest BCUT2D eigenvalue weighted by molar-refractivity contribution is 14.1. The molecule has 18 heavy (non-hydrogen) atoms. The molecule has 2 N–H and O–H groups in total. The van der Waals surface area contributed by atoms with Crippen LogP contribution < -0.4 is 10.6 Å². The number of amides is 2. The molecule has 0 atom stereocenters. The van der Waals surface area contributed by atoms with Crippen LogP contribution in [0.25, 0.3) is 0 Å². The number of nitrogens with zero attached hydrogens (tertiary/aromatic N) is 1. The zero-order chi connectivity index (χ0) is 13.0. The van der Waals surface area contributed by atoms with Crippen molar-refractivity contribution in [2.45, 2.75) is 0 Å². The van der Waals surface area contributed by atoms with Gasteiger partial charge < -0.3 is 10.6 Å². The summed E-state index contributed by atoms with van der Waals surface area (Å²) in [5, 5.41) is 5.56. The Hall–Kier alpha value is -1.15. The first-order chi connectivity index (χ1) is 8.63. The number of benzene rings is 1. The van der Waals surface area contributed by atoms with Crippen molar-refractivity contribution in [2.24, 2.45) is 0 Å². The number of halogens is 1. The first-order valence-corrected chi connectivity index (χ1v) is 6.76. The van der Waals surface area contributed by atoms with E-state index in [-0.39, 0.29) is 18.4 Å². The van der Waals surface area contributed by atoms with Crippen LogP contribution in [0.4, 0.5) is 5.69 Å². The Morgan fingerprint density at radius 3 is 3.06 bits per heavy atom. The number of carbonyl (C=O) groups is 2. The minimum Gasteiger partial charge on any atom is -0.354 e. The summed E-state index contributed by atoms with van der Waals surface area (Å²) in [4.78, 5) is 24.8. The van der Waals surface area contributed by atoms with Gasteiger partial charge in [-0.15, -0.1) is 0 Å². The molecule has 6 heteroatoms. The summed E-state index contributed by atoms with van der Waals surface area (Å²) in [7, 11) is 0. The Morgan fingerprint density at radius 1 is 1.50 bits per heavy atom. The molecule has 0 radical (unpaired) electrons. The summed E-state index contributed by atoms with van der Waals surface area (Å²) < 4.78 is 1.07. The van der Waals surface area contributed by atoms with E-state index in [1.807, 2.05) is 29.2 Å². The number of piperazine rings is 1. The molecule has 1 heterocycles. The van der Waals surface area contributed by atoms with E-state index >= 15 is 0 Å². The van der Waals surface area contributed by atoms with Crippen molar-refractivity contribution in [1.82, 2.24) is 10.2 Å². The standard InChI is InChI=1S/C12H14IN3O2/c13-9-2-1-3-10(6-9)15-12(18)8-16-5-4-14-11(17)7-16/h1-3,6H,4-5,7-8H2,(H,14,17)(H,15,18). The second kappa shape index (κ2) is 6.14. The lowest BCUT2D eigenvalue weighted by molar-refractivity contribution is -0.125. The maximum atomic E-state index is 11.8. The Balaban J connectivity index is 1.86. The van der Waals surface area contributed by atoms with Gasteiger partial charge in [0.05, 0.1) is 13.1 Å².